The van der Waals surface area contributed by atoms with Gasteiger partial charge >= 0.3 is 0 Å². The van der Waals surface area contributed by atoms with Gasteiger partial charge in [0.05, 0.1) is 0 Å². The van der Waals surface area contributed by atoms with Crippen molar-refractivity contribution < 1.29 is 0 Å². The molecule has 0 fully saturated rings. The van der Waals surface area contributed by atoms with Gasteiger partial charge in [-0.05, 0) is 16.5 Å². The minimum absolute atomic E-state index is 1.16. The van der Waals surface area contributed by atoms with Crippen molar-refractivity contribution >= 4 is 12.2 Å². The fourth-order valence-electron chi connectivity index (χ4n) is 1.16. The van der Waals surface area contributed by atoms with Crippen LogP contribution in [0.15, 0.2) is 42.8 Å². The molecule has 0 radical (unpaired) electrons. The molecule has 0 N–H and O–H groups in total. The molecule has 1 aliphatic rings. The molecule has 0 spiro atoms. The number of aromatic nitrogens is 1. The van der Waals surface area contributed by atoms with Gasteiger partial charge in [-0.15, -0.1) is 0 Å². The van der Waals surface area contributed by atoms with Crippen molar-refractivity contribution in [2.75, 3.05) is 0 Å². The molecule has 1 nitrogen and oxygen atoms in total. The van der Waals surface area contributed by atoms with E-state index >= 15 is 0 Å². The Kier molecular flexibility index (Phi) is 1.87. The molecule has 1 heterocycles. The third kappa shape index (κ3) is 1.35. The fraction of sp³-hybridized carbons (Fsp3) is 0. The molecule has 1 heteroatoms. The van der Waals surface area contributed by atoms with E-state index in [0.717, 1.165) is 5.22 Å². The Morgan fingerprint density at radius 1 is 0.833 bits per heavy atom. The van der Waals surface area contributed by atoms with E-state index in [0.29, 0.717) is 0 Å². The molecule has 0 unspecified atom stereocenters. The van der Waals surface area contributed by atoms with Gasteiger partial charge in [-0.3, -0.25) is 4.98 Å². The highest BCUT2D eigenvalue weighted by Gasteiger charge is 1.82. The Bertz CT molecular complexity index is 395. The summed E-state index contributed by atoms with van der Waals surface area (Å²) in [6.07, 6.45) is 15.9. The second-order valence-electron chi connectivity index (χ2n) is 2.61. The number of rotatable bonds is 0. The zero-order valence-corrected chi connectivity index (χ0v) is 6.64. The van der Waals surface area contributed by atoms with Crippen molar-refractivity contribution in [2.45, 2.75) is 0 Å². The van der Waals surface area contributed by atoms with Crippen molar-refractivity contribution in [1.29, 1.82) is 0 Å². The van der Waals surface area contributed by atoms with Crippen molar-refractivity contribution in [3.8, 4) is 0 Å². The first-order valence-corrected chi connectivity index (χ1v) is 3.92. The molecule has 0 aromatic carbocycles. The molecule has 12 heavy (non-hydrogen) atoms. The average Bonchev–Trinajstić information content (AvgIpc) is 2.06. The van der Waals surface area contributed by atoms with E-state index in [1.54, 1.807) is 0 Å². The lowest BCUT2D eigenvalue weighted by Crippen LogP contribution is -2.24. The normalized spacial score (nSPS) is 19.3. The minimum atomic E-state index is 1.16. The third-order valence-corrected chi connectivity index (χ3v) is 1.77. The first-order valence-electron chi connectivity index (χ1n) is 3.92. The van der Waals surface area contributed by atoms with Crippen molar-refractivity contribution in [3.05, 3.63) is 53.2 Å². The van der Waals surface area contributed by atoms with Crippen LogP contribution in [-0.2, 0) is 0 Å². The van der Waals surface area contributed by atoms with Gasteiger partial charge in [0.2, 0.25) is 0 Å². The summed E-state index contributed by atoms with van der Waals surface area (Å²) in [5, 5.41) is 2.38. The van der Waals surface area contributed by atoms with E-state index in [9.17, 15) is 0 Å². The highest BCUT2D eigenvalue weighted by Crippen LogP contribution is 1.82. The lowest BCUT2D eigenvalue weighted by atomic mass is 10.2. The smallest absolute Gasteiger partial charge is 0.0346 e. The molecule has 2 rings (SSSR count). The summed E-state index contributed by atoms with van der Waals surface area (Å²) in [6, 6.07) is 2.01. The van der Waals surface area contributed by atoms with Crippen molar-refractivity contribution in [3.63, 3.8) is 0 Å². The maximum Gasteiger partial charge on any atom is 0.0346 e. The molecule has 0 atom stereocenters. The number of pyridine rings is 1. The molecular weight excluding hydrogens is 146 g/mol. The third-order valence-electron chi connectivity index (χ3n) is 1.77. The highest BCUT2D eigenvalue weighted by molar-refractivity contribution is 5.46. The number of allylic oxidation sites excluding steroid dienone is 4. The molecule has 0 bridgehead atoms. The molecule has 1 aromatic heterocycles. The minimum Gasteiger partial charge on any atom is -0.264 e. The lowest BCUT2D eigenvalue weighted by molar-refractivity contribution is 1.27. The molecule has 0 saturated heterocycles. The van der Waals surface area contributed by atoms with Crippen LogP contribution in [0.3, 0.4) is 0 Å². The number of fused-ring (bicyclic) bond motifs is 1. The van der Waals surface area contributed by atoms with Gasteiger partial charge < -0.3 is 0 Å². The molecule has 0 saturated carbocycles. The van der Waals surface area contributed by atoms with E-state index in [2.05, 4.69) is 17.1 Å². The monoisotopic (exact) mass is 155 g/mol. The highest BCUT2D eigenvalue weighted by atomic mass is 14.6. The summed E-state index contributed by atoms with van der Waals surface area (Å²) in [6.45, 7) is 0. The van der Waals surface area contributed by atoms with E-state index in [-0.39, 0.29) is 0 Å². The second-order valence-corrected chi connectivity index (χ2v) is 2.61. The SMILES string of the molecule is C1=C/C=c2\ccnc\c2=C\C=C1. The Labute approximate surface area is 71.1 Å². The van der Waals surface area contributed by atoms with Crippen LogP contribution in [0.1, 0.15) is 0 Å². The van der Waals surface area contributed by atoms with Gasteiger partial charge in [0.1, 0.15) is 0 Å². The van der Waals surface area contributed by atoms with Crippen LogP contribution in [0.25, 0.3) is 12.2 Å². The maximum absolute atomic E-state index is 4.06. The first-order chi connectivity index (χ1) is 5.97. The predicted octanol–water partition coefficient (Wildman–Crippen LogP) is 0.769. The molecule has 0 amide bonds. The van der Waals surface area contributed by atoms with Gasteiger partial charge in [0.25, 0.3) is 0 Å². The van der Waals surface area contributed by atoms with Crippen molar-refractivity contribution in [2.24, 2.45) is 0 Å². The van der Waals surface area contributed by atoms with E-state index in [4.69, 9.17) is 0 Å². The van der Waals surface area contributed by atoms with Crippen LogP contribution in [0.4, 0.5) is 0 Å². The van der Waals surface area contributed by atoms with E-state index in [1.165, 1.54) is 5.22 Å². The molecular formula is C11H9N. The summed E-state index contributed by atoms with van der Waals surface area (Å²) < 4.78 is 0. The van der Waals surface area contributed by atoms with Crippen LogP contribution in [-0.4, -0.2) is 4.98 Å². The molecule has 0 aliphatic heterocycles. The predicted molar refractivity (Wildman–Crippen MR) is 50.7 cm³/mol. The second kappa shape index (κ2) is 3.18. The molecule has 1 aromatic rings. The van der Waals surface area contributed by atoms with Gasteiger partial charge in [-0.2, -0.15) is 0 Å². The Morgan fingerprint density at radius 3 is 2.42 bits per heavy atom. The van der Waals surface area contributed by atoms with Gasteiger partial charge in [-0.25, -0.2) is 0 Å². The topological polar surface area (TPSA) is 12.9 Å². The number of hydrogen-bond acceptors (Lipinski definition) is 1. The molecule has 58 valence electrons. The summed E-state index contributed by atoms with van der Waals surface area (Å²) in [4.78, 5) is 4.06. The Balaban J connectivity index is 2.80. The van der Waals surface area contributed by atoms with Crippen molar-refractivity contribution in [1.82, 2.24) is 4.98 Å². The van der Waals surface area contributed by atoms with Crippen LogP contribution >= 0.6 is 0 Å². The molecule has 1 aliphatic carbocycles. The summed E-state index contributed by atoms with van der Waals surface area (Å²) in [7, 11) is 0. The summed E-state index contributed by atoms with van der Waals surface area (Å²) >= 11 is 0. The number of nitrogens with zero attached hydrogens (tertiary/aromatic N) is 1. The van der Waals surface area contributed by atoms with Gasteiger partial charge in [0.15, 0.2) is 0 Å². The first kappa shape index (κ1) is 7.04. The standard InChI is InChI=1S/C11H9N/c1-2-4-6-11-9-12-8-7-10(11)5-3-1/h1-9H/b2-1?,3-1?,4-2?,5-3?,6-4?,10-5+,11-6-. The Morgan fingerprint density at radius 2 is 1.58 bits per heavy atom. The van der Waals surface area contributed by atoms with Gasteiger partial charge in [-0.1, -0.05) is 36.5 Å². The van der Waals surface area contributed by atoms with Crippen LogP contribution < -0.4 is 10.4 Å². The number of hydrogen-bond donors (Lipinski definition) is 0. The average molecular weight is 155 g/mol. The summed E-state index contributed by atoms with van der Waals surface area (Å²) in [5.41, 5.74) is 0. The Hall–Kier alpha value is -1.63. The zero-order chi connectivity index (χ0) is 8.23. The summed E-state index contributed by atoms with van der Waals surface area (Å²) in [5.74, 6) is 0. The maximum atomic E-state index is 4.06. The van der Waals surface area contributed by atoms with Crippen LogP contribution in [0.5, 0.6) is 0 Å². The van der Waals surface area contributed by atoms with Crippen LogP contribution in [0.2, 0.25) is 0 Å². The fourth-order valence-corrected chi connectivity index (χ4v) is 1.16. The zero-order valence-electron chi connectivity index (χ0n) is 6.64. The van der Waals surface area contributed by atoms with Gasteiger partial charge in [0, 0.05) is 12.4 Å². The largest absolute Gasteiger partial charge is 0.264 e. The quantitative estimate of drug-likeness (QED) is 0.539. The van der Waals surface area contributed by atoms with E-state index < -0.39 is 0 Å². The van der Waals surface area contributed by atoms with E-state index in [1.807, 2.05) is 42.8 Å². The van der Waals surface area contributed by atoms with Crippen LogP contribution in [0, 0.1) is 0 Å². The lowest BCUT2D eigenvalue weighted by Gasteiger charge is -1.88.